The van der Waals surface area contributed by atoms with Crippen molar-refractivity contribution in [1.82, 2.24) is 10.2 Å². The van der Waals surface area contributed by atoms with E-state index in [0.717, 1.165) is 45.3 Å². The molecular weight excluding hydrogens is 212 g/mol. The number of amides is 2. The number of carbonyl (C=O) groups is 1. The Morgan fingerprint density at radius 2 is 1.94 bits per heavy atom. The summed E-state index contributed by atoms with van der Waals surface area (Å²) in [5, 5.41) is 2.96. The third-order valence-corrected chi connectivity index (χ3v) is 3.15. The SMILES string of the molecule is O=C(NCCCCc1ccccc1)N1CCC1. The molecule has 1 aromatic rings. The zero-order valence-corrected chi connectivity index (χ0v) is 10.2. The van der Waals surface area contributed by atoms with Crippen molar-refractivity contribution in [3.8, 4) is 0 Å². The number of hydrogen-bond donors (Lipinski definition) is 1. The zero-order valence-electron chi connectivity index (χ0n) is 10.2. The van der Waals surface area contributed by atoms with E-state index in [9.17, 15) is 4.79 Å². The molecule has 1 saturated heterocycles. The van der Waals surface area contributed by atoms with Gasteiger partial charge in [-0.05, 0) is 31.2 Å². The molecule has 3 nitrogen and oxygen atoms in total. The third-order valence-electron chi connectivity index (χ3n) is 3.15. The van der Waals surface area contributed by atoms with Crippen molar-refractivity contribution in [1.29, 1.82) is 0 Å². The van der Waals surface area contributed by atoms with Gasteiger partial charge in [0.2, 0.25) is 0 Å². The molecule has 1 aliphatic rings. The fourth-order valence-corrected chi connectivity index (χ4v) is 1.93. The maximum atomic E-state index is 11.5. The Morgan fingerprint density at radius 3 is 2.59 bits per heavy atom. The van der Waals surface area contributed by atoms with Crippen LogP contribution in [0.2, 0.25) is 0 Å². The van der Waals surface area contributed by atoms with Gasteiger partial charge in [0, 0.05) is 19.6 Å². The van der Waals surface area contributed by atoms with E-state index in [0.29, 0.717) is 0 Å². The van der Waals surface area contributed by atoms with Crippen molar-refractivity contribution in [2.75, 3.05) is 19.6 Å². The second-order valence-electron chi connectivity index (χ2n) is 4.52. The lowest BCUT2D eigenvalue weighted by Gasteiger charge is -2.30. The fraction of sp³-hybridized carbons (Fsp3) is 0.500. The molecule has 1 fully saturated rings. The summed E-state index contributed by atoms with van der Waals surface area (Å²) in [6.45, 7) is 2.65. The minimum Gasteiger partial charge on any atom is -0.338 e. The molecule has 0 saturated carbocycles. The Bertz CT molecular complexity index is 346. The van der Waals surface area contributed by atoms with Crippen molar-refractivity contribution in [3.05, 3.63) is 35.9 Å². The summed E-state index contributed by atoms with van der Waals surface area (Å²) in [4.78, 5) is 13.3. The molecule has 1 aromatic carbocycles. The first-order chi connectivity index (χ1) is 8.36. The van der Waals surface area contributed by atoms with Crippen molar-refractivity contribution >= 4 is 6.03 Å². The van der Waals surface area contributed by atoms with Gasteiger partial charge in [0.25, 0.3) is 0 Å². The molecule has 17 heavy (non-hydrogen) atoms. The molecule has 1 N–H and O–H groups in total. The normalized spacial score (nSPS) is 14.2. The summed E-state index contributed by atoms with van der Waals surface area (Å²) in [6, 6.07) is 10.6. The average molecular weight is 232 g/mol. The lowest BCUT2D eigenvalue weighted by Crippen LogP contribution is -2.47. The van der Waals surface area contributed by atoms with Crippen LogP contribution in [0.5, 0.6) is 0 Å². The van der Waals surface area contributed by atoms with Gasteiger partial charge in [0.1, 0.15) is 0 Å². The van der Waals surface area contributed by atoms with Crippen LogP contribution in [0.4, 0.5) is 4.79 Å². The minimum absolute atomic E-state index is 0.107. The highest BCUT2D eigenvalue weighted by atomic mass is 16.2. The molecule has 0 unspecified atom stereocenters. The molecule has 0 atom stereocenters. The van der Waals surface area contributed by atoms with Gasteiger partial charge in [0.05, 0.1) is 0 Å². The number of rotatable bonds is 5. The summed E-state index contributed by atoms with van der Waals surface area (Å²) in [5.74, 6) is 0. The second-order valence-corrected chi connectivity index (χ2v) is 4.52. The molecule has 0 aliphatic carbocycles. The second kappa shape index (κ2) is 6.28. The van der Waals surface area contributed by atoms with E-state index in [1.54, 1.807) is 0 Å². The first-order valence-corrected chi connectivity index (χ1v) is 6.43. The first kappa shape index (κ1) is 12.0. The lowest BCUT2D eigenvalue weighted by molar-refractivity contribution is 0.167. The molecular formula is C14H20N2O. The van der Waals surface area contributed by atoms with Gasteiger partial charge < -0.3 is 10.2 Å². The third kappa shape index (κ3) is 3.77. The van der Waals surface area contributed by atoms with E-state index >= 15 is 0 Å². The molecule has 0 bridgehead atoms. The van der Waals surface area contributed by atoms with E-state index in [1.807, 2.05) is 11.0 Å². The number of nitrogens with zero attached hydrogens (tertiary/aromatic N) is 1. The molecule has 2 rings (SSSR count). The molecule has 1 aliphatic heterocycles. The van der Waals surface area contributed by atoms with Crippen molar-refractivity contribution < 1.29 is 4.79 Å². The van der Waals surface area contributed by atoms with E-state index in [-0.39, 0.29) is 6.03 Å². The average Bonchev–Trinajstić information content (AvgIpc) is 2.27. The number of nitrogens with one attached hydrogen (secondary N) is 1. The predicted octanol–water partition coefficient (Wildman–Crippen LogP) is 2.42. The van der Waals surface area contributed by atoms with Gasteiger partial charge in [-0.25, -0.2) is 4.79 Å². The highest BCUT2D eigenvalue weighted by molar-refractivity contribution is 5.74. The van der Waals surface area contributed by atoms with Crippen LogP contribution in [-0.4, -0.2) is 30.6 Å². The Morgan fingerprint density at radius 1 is 1.18 bits per heavy atom. The summed E-state index contributed by atoms with van der Waals surface area (Å²) in [5.41, 5.74) is 1.38. The number of urea groups is 1. The topological polar surface area (TPSA) is 32.3 Å². The van der Waals surface area contributed by atoms with Crippen LogP contribution >= 0.6 is 0 Å². The molecule has 0 spiro atoms. The van der Waals surface area contributed by atoms with Crippen LogP contribution in [-0.2, 0) is 6.42 Å². The number of hydrogen-bond acceptors (Lipinski definition) is 1. The van der Waals surface area contributed by atoms with Crippen LogP contribution in [0, 0.1) is 0 Å². The van der Waals surface area contributed by atoms with Crippen LogP contribution < -0.4 is 5.32 Å². The Kier molecular flexibility index (Phi) is 4.42. The van der Waals surface area contributed by atoms with E-state index in [2.05, 4.69) is 29.6 Å². The molecule has 0 radical (unpaired) electrons. The highest BCUT2D eigenvalue weighted by Crippen LogP contribution is 2.06. The highest BCUT2D eigenvalue weighted by Gasteiger charge is 2.18. The van der Waals surface area contributed by atoms with E-state index in [4.69, 9.17) is 0 Å². The van der Waals surface area contributed by atoms with Crippen LogP contribution in [0.1, 0.15) is 24.8 Å². The van der Waals surface area contributed by atoms with Crippen molar-refractivity contribution in [2.45, 2.75) is 25.7 Å². The number of carbonyl (C=O) groups excluding carboxylic acids is 1. The molecule has 2 amide bonds. The largest absolute Gasteiger partial charge is 0.338 e. The molecule has 3 heteroatoms. The van der Waals surface area contributed by atoms with Crippen LogP contribution in [0.3, 0.4) is 0 Å². The minimum atomic E-state index is 0.107. The molecule has 92 valence electrons. The maximum absolute atomic E-state index is 11.5. The van der Waals surface area contributed by atoms with Gasteiger partial charge >= 0.3 is 6.03 Å². The summed E-state index contributed by atoms with van der Waals surface area (Å²) < 4.78 is 0. The number of unbranched alkanes of at least 4 members (excludes halogenated alkanes) is 1. The zero-order chi connectivity index (χ0) is 11.9. The Hall–Kier alpha value is -1.51. The monoisotopic (exact) mass is 232 g/mol. The van der Waals surface area contributed by atoms with Gasteiger partial charge in [0.15, 0.2) is 0 Å². The molecule has 0 aromatic heterocycles. The van der Waals surface area contributed by atoms with Crippen molar-refractivity contribution in [2.24, 2.45) is 0 Å². The fourth-order valence-electron chi connectivity index (χ4n) is 1.93. The quantitative estimate of drug-likeness (QED) is 0.777. The van der Waals surface area contributed by atoms with Gasteiger partial charge in [-0.15, -0.1) is 0 Å². The Labute approximate surface area is 103 Å². The summed E-state index contributed by atoms with van der Waals surface area (Å²) in [7, 11) is 0. The number of likely N-dealkylation sites (tertiary alicyclic amines) is 1. The summed E-state index contributed by atoms with van der Waals surface area (Å²) in [6.07, 6.45) is 4.43. The number of aryl methyl sites for hydroxylation is 1. The first-order valence-electron chi connectivity index (χ1n) is 6.43. The van der Waals surface area contributed by atoms with Crippen LogP contribution in [0.15, 0.2) is 30.3 Å². The number of benzene rings is 1. The smallest absolute Gasteiger partial charge is 0.317 e. The predicted molar refractivity (Wildman–Crippen MR) is 69.0 cm³/mol. The van der Waals surface area contributed by atoms with Gasteiger partial charge in [-0.2, -0.15) is 0 Å². The maximum Gasteiger partial charge on any atom is 0.317 e. The summed E-state index contributed by atoms with van der Waals surface area (Å²) >= 11 is 0. The van der Waals surface area contributed by atoms with Crippen LogP contribution in [0.25, 0.3) is 0 Å². The van der Waals surface area contributed by atoms with E-state index < -0.39 is 0 Å². The lowest BCUT2D eigenvalue weighted by atomic mass is 10.1. The van der Waals surface area contributed by atoms with E-state index in [1.165, 1.54) is 5.56 Å². The standard InChI is InChI=1S/C14H20N2O/c17-14(16-11-6-12-16)15-10-5-4-9-13-7-2-1-3-8-13/h1-3,7-8H,4-6,9-12H2,(H,15,17). The van der Waals surface area contributed by atoms with Crippen molar-refractivity contribution in [3.63, 3.8) is 0 Å². The Balaban J connectivity index is 1.53. The van der Waals surface area contributed by atoms with Gasteiger partial charge in [-0.1, -0.05) is 30.3 Å². The molecule has 1 heterocycles. The van der Waals surface area contributed by atoms with Gasteiger partial charge in [-0.3, -0.25) is 0 Å².